The lowest BCUT2D eigenvalue weighted by atomic mass is 10.2. The van der Waals surface area contributed by atoms with Gasteiger partial charge < -0.3 is 11.1 Å². The van der Waals surface area contributed by atoms with Crippen molar-refractivity contribution in [2.75, 3.05) is 12.3 Å². The second kappa shape index (κ2) is 4.83. The number of rotatable bonds is 4. The van der Waals surface area contributed by atoms with Gasteiger partial charge in [-0.3, -0.25) is 9.48 Å². The molecule has 1 aromatic rings. The molecular weight excluding hydrogens is 204 g/mol. The number of anilines is 1. The second-order valence-electron chi connectivity index (χ2n) is 3.80. The van der Waals surface area contributed by atoms with E-state index in [1.807, 2.05) is 13.8 Å². The Morgan fingerprint density at radius 2 is 2.25 bits per heavy atom. The Bertz CT molecular complexity index is 420. The summed E-state index contributed by atoms with van der Waals surface area (Å²) in [6.07, 6.45) is 0. The summed E-state index contributed by atoms with van der Waals surface area (Å²) in [5, 5.41) is 6.93. The molecular formula is C11H18N4O. The Morgan fingerprint density at radius 1 is 1.62 bits per heavy atom. The molecule has 0 aromatic carbocycles. The molecule has 5 heteroatoms. The van der Waals surface area contributed by atoms with Crippen molar-refractivity contribution < 1.29 is 4.79 Å². The van der Waals surface area contributed by atoms with Crippen LogP contribution in [-0.2, 0) is 6.54 Å². The molecule has 0 aliphatic rings. The largest absolute Gasteiger partial charge is 0.395 e. The van der Waals surface area contributed by atoms with E-state index < -0.39 is 0 Å². The molecule has 0 saturated carbocycles. The summed E-state index contributed by atoms with van der Waals surface area (Å²) >= 11 is 0. The number of hydrogen-bond donors (Lipinski definition) is 2. The van der Waals surface area contributed by atoms with Gasteiger partial charge in [0, 0.05) is 13.1 Å². The maximum atomic E-state index is 11.9. The average Bonchev–Trinajstić information content (AvgIpc) is 2.51. The summed E-state index contributed by atoms with van der Waals surface area (Å²) in [6.45, 7) is 10.4. The van der Waals surface area contributed by atoms with Gasteiger partial charge in [0.25, 0.3) is 5.91 Å². The molecule has 1 rings (SSSR count). The van der Waals surface area contributed by atoms with Crippen LogP contribution in [0.3, 0.4) is 0 Å². The SMILES string of the molecule is C=C(C)CNC(=O)c1c(N)c(C)nn1CC. The first-order valence-corrected chi connectivity index (χ1v) is 5.22. The van der Waals surface area contributed by atoms with Gasteiger partial charge in [-0.25, -0.2) is 0 Å². The van der Waals surface area contributed by atoms with Crippen molar-refractivity contribution in [3.63, 3.8) is 0 Å². The van der Waals surface area contributed by atoms with Crippen molar-refractivity contribution in [2.45, 2.75) is 27.3 Å². The Labute approximate surface area is 95.3 Å². The Morgan fingerprint density at radius 3 is 2.75 bits per heavy atom. The highest BCUT2D eigenvalue weighted by Crippen LogP contribution is 2.15. The van der Waals surface area contributed by atoms with Crippen LogP contribution in [0.15, 0.2) is 12.2 Å². The topological polar surface area (TPSA) is 72.9 Å². The van der Waals surface area contributed by atoms with Gasteiger partial charge in [-0.15, -0.1) is 0 Å². The molecule has 0 atom stereocenters. The van der Waals surface area contributed by atoms with Gasteiger partial charge in [-0.2, -0.15) is 5.10 Å². The van der Waals surface area contributed by atoms with E-state index in [0.717, 1.165) is 5.57 Å². The van der Waals surface area contributed by atoms with Gasteiger partial charge in [0.2, 0.25) is 0 Å². The molecule has 3 N–H and O–H groups in total. The number of carbonyl (C=O) groups is 1. The number of amides is 1. The van der Waals surface area contributed by atoms with E-state index in [2.05, 4.69) is 17.0 Å². The van der Waals surface area contributed by atoms with Gasteiger partial charge in [-0.05, 0) is 20.8 Å². The zero-order valence-corrected chi connectivity index (χ0v) is 10.0. The molecule has 1 aromatic heterocycles. The maximum Gasteiger partial charge on any atom is 0.271 e. The molecule has 5 nitrogen and oxygen atoms in total. The number of aryl methyl sites for hydroxylation is 2. The highest BCUT2D eigenvalue weighted by molar-refractivity contribution is 5.98. The number of nitrogens with one attached hydrogen (secondary N) is 1. The van der Waals surface area contributed by atoms with Crippen molar-refractivity contribution in [1.29, 1.82) is 0 Å². The Kier molecular flexibility index (Phi) is 3.71. The molecule has 0 unspecified atom stereocenters. The minimum Gasteiger partial charge on any atom is -0.395 e. The maximum absolute atomic E-state index is 11.9. The van der Waals surface area contributed by atoms with Crippen LogP contribution >= 0.6 is 0 Å². The standard InChI is InChI=1S/C11H18N4O/c1-5-15-10(9(12)8(4)14-15)11(16)13-6-7(2)3/h2,5-6,12H2,1,3-4H3,(H,13,16). The lowest BCUT2D eigenvalue weighted by Crippen LogP contribution is -2.28. The van der Waals surface area contributed by atoms with Crippen LogP contribution in [0.1, 0.15) is 30.0 Å². The first kappa shape index (κ1) is 12.3. The van der Waals surface area contributed by atoms with Gasteiger partial charge in [-0.1, -0.05) is 12.2 Å². The van der Waals surface area contributed by atoms with Crippen molar-refractivity contribution in [2.24, 2.45) is 0 Å². The normalized spacial score (nSPS) is 10.2. The fraction of sp³-hybridized carbons (Fsp3) is 0.455. The van der Waals surface area contributed by atoms with E-state index in [-0.39, 0.29) is 5.91 Å². The summed E-state index contributed by atoms with van der Waals surface area (Å²) in [4.78, 5) is 11.9. The van der Waals surface area contributed by atoms with Crippen LogP contribution in [0.5, 0.6) is 0 Å². The summed E-state index contributed by atoms with van der Waals surface area (Å²) in [7, 11) is 0. The van der Waals surface area contributed by atoms with Crippen LogP contribution in [-0.4, -0.2) is 22.2 Å². The van der Waals surface area contributed by atoms with Crippen LogP contribution < -0.4 is 11.1 Å². The first-order chi connectivity index (χ1) is 7.47. The molecule has 0 radical (unpaired) electrons. The molecule has 1 heterocycles. The van der Waals surface area contributed by atoms with E-state index >= 15 is 0 Å². The lowest BCUT2D eigenvalue weighted by Gasteiger charge is -2.07. The molecule has 0 aliphatic carbocycles. The second-order valence-corrected chi connectivity index (χ2v) is 3.80. The monoisotopic (exact) mass is 222 g/mol. The van der Waals surface area contributed by atoms with E-state index in [4.69, 9.17) is 5.73 Å². The number of nitrogens with two attached hydrogens (primary N) is 1. The quantitative estimate of drug-likeness (QED) is 0.749. The molecule has 0 bridgehead atoms. The average molecular weight is 222 g/mol. The number of nitrogen functional groups attached to an aromatic ring is 1. The van der Waals surface area contributed by atoms with Gasteiger partial charge in [0.05, 0.1) is 11.4 Å². The van der Waals surface area contributed by atoms with E-state index in [1.165, 1.54) is 0 Å². The van der Waals surface area contributed by atoms with Crippen molar-refractivity contribution in [3.8, 4) is 0 Å². The Hall–Kier alpha value is -1.78. The zero-order valence-electron chi connectivity index (χ0n) is 10.0. The highest BCUT2D eigenvalue weighted by Gasteiger charge is 2.18. The predicted molar refractivity (Wildman–Crippen MR) is 64.2 cm³/mol. The van der Waals surface area contributed by atoms with Crippen molar-refractivity contribution in [1.82, 2.24) is 15.1 Å². The van der Waals surface area contributed by atoms with Crippen LogP contribution in [0, 0.1) is 6.92 Å². The van der Waals surface area contributed by atoms with E-state index in [9.17, 15) is 4.79 Å². The van der Waals surface area contributed by atoms with Crippen LogP contribution in [0.25, 0.3) is 0 Å². The van der Waals surface area contributed by atoms with Crippen LogP contribution in [0.4, 0.5) is 5.69 Å². The number of nitrogens with zero attached hydrogens (tertiary/aromatic N) is 2. The minimum absolute atomic E-state index is 0.206. The third-order valence-corrected chi connectivity index (χ3v) is 2.24. The smallest absolute Gasteiger partial charge is 0.271 e. The van der Waals surface area contributed by atoms with Gasteiger partial charge in [0.15, 0.2) is 0 Å². The summed E-state index contributed by atoms with van der Waals surface area (Å²) in [6, 6.07) is 0. The lowest BCUT2D eigenvalue weighted by molar-refractivity contribution is 0.0947. The molecule has 16 heavy (non-hydrogen) atoms. The van der Waals surface area contributed by atoms with E-state index in [1.54, 1.807) is 11.6 Å². The molecule has 0 fully saturated rings. The van der Waals surface area contributed by atoms with Crippen LogP contribution in [0.2, 0.25) is 0 Å². The van der Waals surface area contributed by atoms with Gasteiger partial charge in [0.1, 0.15) is 5.69 Å². The summed E-state index contributed by atoms with van der Waals surface area (Å²) < 4.78 is 1.61. The summed E-state index contributed by atoms with van der Waals surface area (Å²) in [5.74, 6) is -0.206. The number of hydrogen-bond acceptors (Lipinski definition) is 3. The molecule has 0 aliphatic heterocycles. The predicted octanol–water partition coefficient (Wildman–Crippen LogP) is 1.10. The Balaban J connectivity index is 2.93. The summed E-state index contributed by atoms with van der Waals surface area (Å²) in [5.41, 5.74) is 8.27. The fourth-order valence-corrected chi connectivity index (χ4v) is 1.38. The van der Waals surface area contributed by atoms with Crippen molar-refractivity contribution in [3.05, 3.63) is 23.5 Å². The fourth-order valence-electron chi connectivity index (χ4n) is 1.38. The minimum atomic E-state index is -0.206. The third-order valence-electron chi connectivity index (χ3n) is 2.24. The third kappa shape index (κ3) is 2.42. The molecule has 1 amide bonds. The number of aromatic nitrogens is 2. The molecule has 0 spiro atoms. The first-order valence-electron chi connectivity index (χ1n) is 5.22. The van der Waals surface area contributed by atoms with Gasteiger partial charge >= 0.3 is 0 Å². The van der Waals surface area contributed by atoms with E-state index in [0.29, 0.717) is 30.2 Å². The zero-order chi connectivity index (χ0) is 12.3. The highest BCUT2D eigenvalue weighted by atomic mass is 16.2. The molecule has 88 valence electrons. The van der Waals surface area contributed by atoms with Crippen molar-refractivity contribution >= 4 is 11.6 Å². The molecule has 0 saturated heterocycles. The number of carbonyl (C=O) groups excluding carboxylic acids is 1.